The highest BCUT2D eigenvalue weighted by atomic mass is 35.5. The van der Waals surface area contributed by atoms with Gasteiger partial charge >= 0.3 is 0 Å². The summed E-state index contributed by atoms with van der Waals surface area (Å²) in [6, 6.07) is 6.21. The summed E-state index contributed by atoms with van der Waals surface area (Å²) in [6.45, 7) is 4.74. The summed E-state index contributed by atoms with van der Waals surface area (Å²) < 4.78 is 0. The lowest BCUT2D eigenvalue weighted by Crippen LogP contribution is -2.45. The fourth-order valence-corrected chi connectivity index (χ4v) is 2.61. The van der Waals surface area contributed by atoms with Crippen molar-refractivity contribution in [1.29, 1.82) is 0 Å². The van der Waals surface area contributed by atoms with Crippen molar-refractivity contribution in [3.63, 3.8) is 0 Å². The van der Waals surface area contributed by atoms with Crippen LogP contribution in [0.15, 0.2) is 24.3 Å². The molecule has 1 unspecified atom stereocenters. The van der Waals surface area contributed by atoms with E-state index in [1.54, 1.807) is 12.1 Å². The maximum Gasteiger partial charge on any atom is 0.269 e. The average Bonchev–Trinajstić information content (AvgIpc) is 2.46. The van der Waals surface area contributed by atoms with Crippen molar-refractivity contribution in [2.24, 2.45) is 5.41 Å². The van der Waals surface area contributed by atoms with Gasteiger partial charge in [-0.05, 0) is 30.4 Å². The van der Waals surface area contributed by atoms with Gasteiger partial charge in [-0.3, -0.25) is 14.9 Å². The number of nitrogens with one attached hydrogen (secondary N) is 2. The van der Waals surface area contributed by atoms with Crippen molar-refractivity contribution in [2.45, 2.75) is 26.2 Å². The first-order chi connectivity index (χ1) is 9.98. The normalized spacial score (nSPS) is 20.8. The van der Waals surface area contributed by atoms with Gasteiger partial charge in [-0.25, -0.2) is 0 Å². The first-order valence-electron chi connectivity index (χ1n) is 7.19. The smallest absolute Gasteiger partial charge is 0.269 e. The number of nitrogens with zero attached hydrogens (tertiary/aromatic N) is 1. The van der Waals surface area contributed by atoms with E-state index in [1.807, 2.05) is 0 Å². The number of amides is 1. The van der Waals surface area contributed by atoms with Gasteiger partial charge in [0.15, 0.2) is 0 Å². The summed E-state index contributed by atoms with van der Waals surface area (Å²) in [5.41, 5.74) is 0.772. The van der Waals surface area contributed by atoms with E-state index in [2.05, 4.69) is 17.6 Å². The second-order valence-corrected chi connectivity index (χ2v) is 5.97. The molecule has 1 heterocycles. The van der Waals surface area contributed by atoms with Crippen LogP contribution >= 0.6 is 12.4 Å². The molecular formula is C15H22ClN3O3. The van der Waals surface area contributed by atoms with Gasteiger partial charge in [-0.1, -0.05) is 19.1 Å². The van der Waals surface area contributed by atoms with Crippen molar-refractivity contribution in [1.82, 2.24) is 10.6 Å². The van der Waals surface area contributed by atoms with Gasteiger partial charge in [-0.15, -0.1) is 12.4 Å². The Kier molecular flexibility index (Phi) is 6.77. The Labute approximate surface area is 136 Å². The van der Waals surface area contributed by atoms with Crippen molar-refractivity contribution < 1.29 is 9.72 Å². The van der Waals surface area contributed by atoms with E-state index in [0.29, 0.717) is 12.1 Å². The summed E-state index contributed by atoms with van der Waals surface area (Å²) in [7, 11) is 0. The zero-order valence-corrected chi connectivity index (χ0v) is 13.4. The number of nitro groups is 1. The topological polar surface area (TPSA) is 84.3 Å². The summed E-state index contributed by atoms with van der Waals surface area (Å²) in [6.07, 6.45) is 2.39. The molecule has 0 radical (unpaired) electrons. The molecule has 6 nitrogen and oxygen atoms in total. The summed E-state index contributed by atoms with van der Waals surface area (Å²) in [5.74, 6) is -0.0951. The Morgan fingerprint density at radius 2 is 2.27 bits per heavy atom. The molecule has 122 valence electrons. The maximum absolute atomic E-state index is 12.0. The molecule has 0 spiro atoms. The third-order valence-corrected chi connectivity index (χ3v) is 3.88. The number of hydrogen-bond donors (Lipinski definition) is 2. The Morgan fingerprint density at radius 3 is 2.91 bits per heavy atom. The summed E-state index contributed by atoms with van der Waals surface area (Å²) in [4.78, 5) is 22.2. The van der Waals surface area contributed by atoms with E-state index in [9.17, 15) is 14.9 Å². The largest absolute Gasteiger partial charge is 0.355 e. The number of non-ortho nitro benzene ring substituents is 1. The zero-order chi connectivity index (χ0) is 15.3. The van der Waals surface area contributed by atoms with Crippen LogP contribution in [0.5, 0.6) is 0 Å². The second-order valence-electron chi connectivity index (χ2n) is 5.97. The van der Waals surface area contributed by atoms with Crippen molar-refractivity contribution in [3.05, 3.63) is 39.9 Å². The highest BCUT2D eigenvalue weighted by Crippen LogP contribution is 2.24. The van der Waals surface area contributed by atoms with Crippen LogP contribution in [0.3, 0.4) is 0 Å². The van der Waals surface area contributed by atoms with Crippen LogP contribution in [0.4, 0.5) is 5.69 Å². The van der Waals surface area contributed by atoms with Crippen LogP contribution in [0.25, 0.3) is 0 Å². The minimum Gasteiger partial charge on any atom is -0.355 e. The number of piperidine rings is 1. The maximum atomic E-state index is 12.0. The highest BCUT2D eigenvalue weighted by molar-refractivity contribution is 5.85. The van der Waals surface area contributed by atoms with Crippen LogP contribution in [-0.2, 0) is 11.2 Å². The third-order valence-electron chi connectivity index (χ3n) is 3.88. The molecule has 2 rings (SSSR count). The Bertz CT molecular complexity index is 531. The first-order valence-corrected chi connectivity index (χ1v) is 7.19. The molecule has 22 heavy (non-hydrogen) atoms. The van der Waals surface area contributed by atoms with Gasteiger partial charge < -0.3 is 10.6 Å². The second kappa shape index (κ2) is 8.10. The lowest BCUT2D eigenvalue weighted by atomic mass is 9.83. The van der Waals surface area contributed by atoms with Gasteiger partial charge in [0.1, 0.15) is 0 Å². The Hall–Kier alpha value is -1.66. The van der Waals surface area contributed by atoms with Gasteiger partial charge in [-0.2, -0.15) is 0 Å². The lowest BCUT2D eigenvalue weighted by Gasteiger charge is -2.34. The minimum absolute atomic E-state index is 0. The fourth-order valence-electron chi connectivity index (χ4n) is 2.61. The van der Waals surface area contributed by atoms with Crippen LogP contribution in [0, 0.1) is 15.5 Å². The van der Waals surface area contributed by atoms with E-state index in [1.165, 1.54) is 12.1 Å². The molecule has 7 heteroatoms. The van der Waals surface area contributed by atoms with Crippen LogP contribution in [-0.4, -0.2) is 30.5 Å². The highest BCUT2D eigenvalue weighted by Gasteiger charge is 2.26. The Morgan fingerprint density at radius 1 is 1.50 bits per heavy atom. The predicted molar refractivity (Wildman–Crippen MR) is 87.3 cm³/mol. The van der Waals surface area contributed by atoms with E-state index in [0.717, 1.165) is 25.9 Å². The molecule has 0 aromatic heterocycles. The van der Waals surface area contributed by atoms with Gasteiger partial charge in [0.25, 0.3) is 5.69 Å². The van der Waals surface area contributed by atoms with Crippen molar-refractivity contribution >= 4 is 24.0 Å². The summed E-state index contributed by atoms with van der Waals surface area (Å²) in [5, 5.41) is 17.0. The van der Waals surface area contributed by atoms with E-state index >= 15 is 0 Å². The molecule has 1 amide bonds. The fraction of sp³-hybridized carbons (Fsp3) is 0.533. The standard InChI is InChI=1S/C15H21N3O3.ClH/c1-15(6-3-7-16-10-15)11-17-14(19)9-12-4-2-5-13(8-12)18(20)21;/h2,4-5,8,16H,3,6-7,9-11H2,1H3,(H,17,19);1H. The molecule has 1 aliphatic heterocycles. The molecule has 0 aliphatic carbocycles. The van der Waals surface area contributed by atoms with Crippen LogP contribution < -0.4 is 10.6 Å². The predicted octanol–water partition coefficient (Wildman–Crippen LogP) is 2.06. The minimum atomic E-state index is -0.448. The number of halogens is 1. The number of rotatable bonds is 5. The third kappa shape index (κ3) is 5.27. The number of nitro benzene ring substituents is 1. The number of carbonyl (C=O) groups is 1. The van der Waals surface area contributed by atoms with E-state index in [-0.39, 0.29) is 35.8 Å². The Balaban J connectivity index is 0.00000242. The number of hydrogen-bond acceptors (Lipinski definition) is 4. The molecule has 1 atom stereocenters. The van der Waals surface area contributed by atoms with E-state index < -0.39 is 4.92 Å². The molecule has 1 aromatic carbocycles. The zero-order valence-electron chi connectivity index (χ0n) is 12.6. The molecule has 2 N–H and O–H groups in total. The molecule has 1 fully saturated rings. The lowest BCUT2D eigenvalue weighted by molar-refractivity contribution is -0.384. The SMILES string of the molecule is CC1(CNC(=O)Cc2cccc([N+](=O)[O-])c2)CCCNC1.Cl. The molecule has 0 bridgehead atoms. The monoisotopic (exact) mass is 327 g/mol. The van der Waals surface area contributed by atoms with Gasteiger partial charge in [0.05, 0.1) is 11.3 Å². The van der Waals surface area contributed by atoms with Crippen molar-refractivity contribution in [2.75, 3.05) is 19.6 Å². The molecule has 1 aromatic rings. The molecule has 0 saturated carbocycles. The van der Waals surface area contributed by atoms with Crippen LogP contribution in [0.1, 0.15) is 25.3 Å². The van der Waals surface area contributed by atoms with Gasteiger partial charge in [0, 0.05) is 25.2 Å². The quantitative estimate of drug-likeness (QED) is 0.640. The van der Waals surface area contributed by atoms with Gasteiger partial charge in [0.2, 0.25) is 5.91 Å². The molecular weight excluding hydrogens is 306 g/mol. The molecule has 1 saturated heterocycles. The van der Waals surface area contributed by atoms with Crippen molar-refractivity contribution in [3.8, 4) is 0 Å². The van der Waals surface area contributed by atoms with E-state index in [4.69, 9.17) is 0 Å². The van der Waals surface area contributed by atoms with Crippen LogP contribution in [0.2, 0.25) is 0 Å². The number of benzene rings is 1. The molecule has 1 aliphatic rings. The first kappa shape index (κ1) is 18.4. The summed E-state index contributed by atoms with van der Waals surface area (Å²) >= 11 is 0. The number of carbonyl (C=O) groups excluding carboxylic acids is 1. The average molecular weight is 328 g/mol.